The molecule has 0 spiro atoms. The lowest BCUT2D eigenvalue weighted by Crippen LogP contribution is -2.63. The molecule has 1 aliphatic carbocycles. The van der Waals surface area contributed by atoms with Crippen molar-refractivity contribution in [1.82, 2.24) is 0 Å². The van der Waals surface area contributed by atoms with Gasteiger partial charge in [0.25, 0.3) is 0 Å². The van der Waals surface area contributed by atoms with Gasteiger partial charge in [-0.2, -0.15) is 0 Å². The van der Waals surface area contributed by atoms with Gasteiger partial charge < -0.3 is 9.80 Å². The van der Waals surface area contributed by atoms with Crippen molar-refractivity contribution in [2.75, 3.05) is 9.80 Å². The third kappa shape index (κ3) is 6.86. The largest absolute Gasteiger partial charge is 0.310 e. The zero-order valence-corrected chi connectivity index (χ0v) is 39.2. The van der Waals surface area contributed by atoms with Gasteiger partial charge in [0.15, 0.2) is 0 Å². The number of hydrogen-bond donors (Lipinski definition) is 0. The Bertz CT molecular complexity index is 3060. The lowest BCUT2D eigenvalue weighted by atomic mass is 9.98. The Morgan fingerprint density at radius 3 is 1.21 bits per heavy atom. The molecule has 0 heterocycles. The van der Waals surface area contributed by atoms with E-state index in [1.165, 1.54) is 66.7 Å². The maximum Gasteiger partial charge on any atom is 0.0579 e. The third-order valence-corrected chi connectivity index (χ3v) is 23.4. The minimum atomic E-state index is -2.03. The SMILES string of the molecule is C[Si](C)(C)C1([Si](C)(C)C)c2cc(N(c3ccccc3)c3ccccc3-c3ccccc3)ccc2-c2cc3ccc(N(c4ccccc4)c4ccccc4-c4ccccc4)cc3cc21. The predicted octanol–water partition coefficient (Wildman–Crippen LogP) is 17.1. The third-order valence-electron chi connectivity index (χ3n) is 13.3. The summed E-state index contributed by atoms with van der Waals surface area (Å²) in [5.41, 5.74) is 17.6. The van der Waals surface area contributed by atoms with Crippen LogP contribution in [0.15, 0.2) is 218 Å². The number of benzene rings is 9. The van der Waals surface area contributed by atoms with E-state index in [2.05, 4.69) is 267 Å². The monoisotopic (exact) mass is 846 g/mol. The highest BCUT2D eigenvalue weighted by molar-refractivity contribution is 6.99. The minimum Gasteiger partial charge on any atom is -0.310 e. The van der Waals surface area contributed by atoms with E-state index in [0.717, 1.165) is 22.7 Å². The summed E-state index contributed by atoms with van der Waals surface area (Å²) in [5.74, 6) is 0. The van der Waals surface area contributed by atoms with Gasteiger partial charge in [0, 0.05) is 38.5 Å². The fourth-order valence-corrected chi connectivity index (χ4v) is 24.2. The van der Waals surface area contributed by atoms with E-state index < -0.39 is 16.1 Å². The zero-order valence-electron chi connectivity index (χ0n) is 37.2. The first kappa shape index (κ1) is 40.4. The predicted molar refractivity (Wildman–Crippen MR) is 277 cm³/mol. The standard InChI is InChI=1S/C59H54N2Si2/c1-62(2,3)59(63(4,5)6)55-41-46-39-49(60(47-27-15-9-16-28-47)57-33-21-19-31-51(57)43-23-11-7-12-24-43)36-35-45(46)40-54(55)53-38-37-50(42-56(53)59)61(48-29-17-10-18-30-48)58-34-22-20-32-52(58)44-25-13-8-14-26-44/h7-42H,1-6H3. The Kier molecular flexibility index (Phi) is 10.2. The molecule has 0 saturated heterocycles. The summed E-state index contributed by atoms with van der Waals surface area (Å²) >= 11 is 0. The van der Waals surface area contributed by atoms with Crippen molar-refractivity contribution in [3.8, 4) is 33.4 Å². The molecular formula is C59H54N2Si2. The molecule has 0 aromatic heterocycles. The fourth-order valence-electron chi connectivity index (χ4n) is 11.1. The highest BCUT2D eigenvalue weighted by atomic mass is 28.4. The van der Waals surface area contributed by atoms with Crippen molar-refractivity contribution in [2.24, 2.45) is 0 Å². The maximum atomic E-state index is 2.62. The molecule has 0 N–H and O–H groups in total. The first-order valence-corrected chi connectivity index (χ1v) is 29.3. The van der Waals surface area contributed by atoms with Crippen LogP contribution in [0.4, 0.5) is 34.1 Å². The molecule has 0 fully saturated rings. The molecule has 0 atom stereocenters. The summed E-state index contributed by atoms with van der Waals surface area (Å²) in [6, 6.07) is 80.7. The van der Waals surface area contributed by atoms with E-state index in [4.69, 9.17) is 0 Å². The minimum absolute atomic E-state index is 0.0643. The zero-order chi connectivity index (χ0) is 43.3. The second kappa shape index (κ2) is 15.9. The van der Waals surface area contributed by atoms with Crippen molar-refractivity contribution in [2.45, 2.75) is 43.9 Å². The van der Waals surface area contributed by atoms with Crippen LogP contribution in [0, 0.1) is 0 Å². The van der Waals surface area contributed by atoms with Gasteiger partial charge in [0.1, 0.15) is 0 Å². The molecule has 0 unspecified atom stereocenters. The Morgan fingerprint density at radius 2 is 0.714 bits per heavy atom. The first-order valence-electron chi connectivity index (χ1n) is 22.3. The van der Waals surface area contributed by atoms with Gasteiger partial charge in [-0.1, -0.05) is 191 Å². The first-order chi connectivity index (χ1) is 30.5. The molecule has 63 heavy (non-hydrogen) atoms. The highest BCUT2D eigenvalue weighted by Crippen LogP contribution is 2.60. The van der Waals surface area contributed by atoms with Gasteiger partial charge in [-0.05, 0) is 111 Å². The summed E-state index contributed by atoms with van der Waals surface area (Å²) in [7, 11) is -4.06. The molecule has 2 nitrogen and oxygen atoms in total. The van der Waals surface area contributed by atoms with Crippen molar-refractivity contribution < 1.29 is 0 Å². The highest BCUT2D eigenvalue weighted by Gasteiger charge is 2.59. The lowest BCUT2D eigenvalue weighted by Gasteiger charge is -2.51. The lowest BCUT2D eigenvalue weighted by molar-refractivity contribution is 0.953. The van der Waals surface area contributed by atoms with Crippen LogP contribution in [0.3, 0.4) is 0 Å². The number of rotatable bonds is 10. The van der Waals surface area contributed by atoms with E-state index in [9.17, 15) is 0 Å². The smallest absolute Gasteiger partial charge is 0.0579 e. The Labute approximate surface area is 375 Å². The molecule has 0 aliphatic heterocycles. The van der Waals surface area contributed by atoms with Crippen LogP contribution >= 0.6 is 0 Å². The number of hydrogen-bond acceptors (Lipinski definition) is 2. The molecular weight excluding hydrogens is 793 g/mol. The van der Waals surface area contributed by atoms with Crippen LogP contribution in [0.2, 0.25) is 39.3 Å². The van der Waals surface area contributed by atoms with Crippen molar-refractivity contribution in [3.63, 3.8) is 0 Å². The van der Waals surface area contributed by atoms with E-state index >= 15 is 0 Å². The molecule has 9 aromatic carbocycles. The number of fused-ring (bicyclic) bond motifs is 4. The van der Waals surface area contributed by atoms with Crippen molar-refractivity contribution in [3.05, 3.63) is 230 Å². The van der Waals surface area contributed by atoms with Gasteiger partial charge in [-0.3, -0.25) is 0 Å². The second-order valence-electron chi connectivity index (χ2n) is 19.0. The molecule has 0 bridgehead atoms. The maximum absolute atomic E-state index is 2.62. The number of nitrogens with zero attached hydrogens (tertiary/aromatic N) is 2. The number of anilines is 6. The van der Waals surface area contributed by atoms with E-state index in [1.807, 2.05) is 0 Å². The van der Waals surface area contributed by atoms with Crippen LogP contribution in [-0.4, -0.2) is 16.1 Å². The molecule has 0 saturated carbocycles. The Balaban J connectivity index is 1.18. The Morgan fingerprint density at radius 1 is 0.302 bits per heavy atom. The summed E-state index contributed by atoms with van der Waals surface area (Å²) in [4.78, 5) is 4.92. The summed E-state index contributed by atoms with van der Waals surface area (Å²) < 4.78 is -0.0643. The molecule has 308 valence electrons. The fraction of sp³-hybridized carbons (Fsp3) is 0.119. The van der Waals surface area contributed by atoms with Crippen LogP contribution in [-0.2, 0) is 4.66 Å². The van der Waals surface area contributed by atoms with Gasteiger partial charge in [-0.25, -0.2) is 0 Å². The normalized spacial score (nSPS) is 13.0. The van der Waals surface area contributed by atoms with Crippen LogP contribution in [0.1, 0.15) is 11.1 Å². The average Bonchev–Trinajstić information content (AvgIpc) is 3.60. The Hall–Kier alpha value is -6.73. The molecule has 1 aliphatic rings. The molecule has 9 aromatic rings. The average molecular weight is 847 g/mol. The molecule has 10 rings (SSSR count). The molecule has 0 amide bonds. The summed E-state index contributed by atoms with van der Waals surface area (Å²) in [6.45, 7) is 15.7. The van der Waals surface area contributed by atoms with E-state index in [1.54, 1.807) is 0 Å². The van der Waals surface area contributed by atoms with Gasteiger partial charge in [-0.15, -0.1) is 0 Å². The van der Waals surface area contributed by atoms with E-state index in [-0.39, 0.29) is 4.66 Å². The van der Waals surface area contributed by atoms with Gasteiger partial charge in [0.2, 0.25) is 0 Å². The van der Waals surface area contributed by atoms with Crippen molar-refractivity contribution >= 4 is 61.0 Å². The summed E-state index contributed by atoms with van der Waals surface area (Å²) in [5, 5.41) is 2.54. The van der Waals surface area contributed by atoms with Crippen LogP contribution in [0.25, 0.3) is 44.2 Å². The van der Waals surface area contributed by atoms with E-state index in [0.29, 0.717) is 0 Å². The molecule has 4 heteroatoms. The molecule has 0 radical (unpaired) electrons. The number of para-hydroxylation sites is 4. The second-order valence-corrected chi connectivity index (χ2v) is 30.0. The topological polar surface area (TPSA) is 6.48 Å². The van der Waals surface area contributed by atoms with Crippen LogP contribution < -0.4 is 9.80 Å². The van der Waals surface area contributed by atoms with Gasteiger partial charge >= 0.3 is 0 Å². The van der Waals surface area contributed by atoms with Crippen molar-refractivity contribution in [1.29, 1.82) is 0 Å². The van der Waals surface area contributed by atoms with Crippen LogP contribution in [0.5, 0.6) is 0 Å². The quantitative estimate of drug-likeness (QED) is 0.127. The van der Waals surface area contributed by atoms with Gasteiger partial charge in [0.05, 0.1) is 27.5 Å². The summed E-state index contributed by atoms with van der Waals surface area (Å²) in [6.07, 6.45) is 0.